The molecule has 118 valence electrons. The van der Waals surface area contributed by atoms with E-state index < -0.39 is 0 Å². The summed E-state index contributed by atoms with van der Waals surface area (Å²) in [5.74, 6) is 0.639. The molecule has 0 amide bonds. The molecule has 21 heavy (non-hydrogen) atoms. The van der Waals surface area contributed by atoms with Crippen molar-refractivity contribution in [2.24, 2.45) is 7.05 Å². The third-order valence-corrected chi connectivity index (χ3v) is 4.02. The highest BCUT2D eigenvalue weighted by atomic mass is 16.6. The summed E-state index contributed by atoms with van der Waals surface area (Å²) >= 11 is 0. The molecule has 2 rings (SSSR count). The number of hydrogen-bond acceptors (Lipinski definition) is 5. The predicted octanol–water partition coefficient (Wildman–Crippen LogP) is 1.86. The molecule has 0 radical (unpaired) electrons. The Morgan fingerprint density at radius 1 is 1.52 bits per heavy atom. The van der Waals surface area contributed by atoms with Gasteiger partial charge in [0.05, 0.1) is 4.92 Å². The van der Waals surface area contributed by atoms with E-state index in [1.165, 1.54) is 6.42 Å². The number of aromatic nitrogens is 2. The van der Waals surface area contributed by atoms with Gasteiger partial charge in [-0.05, 0) is 32.7 Å². The number of nitrogens with one attached hydrogen (secondary N) is 1. The van der Waals surface area contributed by atoms with Crippen LogP contribution >= 0.6 is 0 Å². The molecular formula is C14H25N5O2. The second kappa shape index (κ2) is 6.89. The number of nitro groups is 1. The zero-order valence-electron chi connectivity index (χ0n) is 13.1. The fraction of sp³-hybridized carbons (Fsp3) is 0.786. The maximum absolute atomic E-state index is 11.5. The maximum atomic E-state index is 11.5. The first-order chi connectivity index (χ1) is 10.1. The molecule has 1 fully saturated rings. The molecule has 1 atom stereocenters. The van der Waals surface area contributed by atoms with E-state index >= 15 is 0 Å². The molecule has 1 aromatic heterocycles. The molecule has 1 N–H and O–H groups in total. The minimum atomic E-state index is -0.280. The Morgan fingerprint density at radius 3 is 2.81 bits per heavy atom. The molecule has 1 aliphatic rings. The van der Waals surface area contributed by atoms with Crippen molar-refractivity contribution in [2.75, 3.05) is 24.5 Å². The molecule has 1 aromatic rings. The van der Waals surface area contributed by atoms with Crippen LogP contribution in [0.2, 0.25) is 0 Å². The Balaban J connectivity index is 2.32. The summed E-state index contributed by atoms with van der Waals surface area (Å²) in [6.07, 6.45) is 3.80. The number of aryl methyl sites for hydroxylation is 2. The zero-order valence-corrected chi connectivity index (χ0v) is 13.1. The van der Waals surface area contributed by atoms with Gasteiger partial charge in [-0.1, -0.05) is 13.3 Å². The molecular weight excluding hydrogens is 270 g/mol. The summed E-state index contributed by atoms with van der Waals surface area (Å²) in [6.45, 7) is 6.62. The third kappa shape index (κ3) is 3.34. The van der Waals surface area contributed by atoms with Gasteiger partial charge in [-0.3, -0.25) is 10.1 Å². The van der Waals surface area contributed by atoms with Crippen molar-refractivity contribution in [1.29, 1.82) is 0 Å². The molecule has 0 spiro atoms. The average molecular weight is 295 g/mol. The SMILES string of the molecule is CCCc1nn(C)c(N(CC)CC2CCCN2)c1[N+](=O)[O-]. The van der Waals surface area contributed by atoms with E-state index in [9.17, 15) is 10.1 Å². The summed E-state index contributed by atoms with van der Waals surface area (Å²) < 4.78 is 1.67. The maximum Gasteiger partial charge on any atom is 0.334 e. The van der Waals surface area contributed by atoms with E-state index in [4.69, 9.17) is 0 Å². The number of likely N-dealkylation sites (N-methyl/N-ethyl adjacent to an activating group) is 1. The number of anilines is 1. The monoisotopic (exact) mass is 295 g/mol. The summed E-state index contributed by atoms with van der Waals surface area (Å²) in [6, 6.07) is 0.411. The molecule has 7 nitrogen and oxygen atoms in total. The Morgan fingerprint density at radius 2 is 2.29 bits per heavy atom. The topological polar surface area (TPSA) is 76.2 Å². The van der Waals surface area contributed by atoms with Crippen LogP contribution in [-0.2, 0) is 13.5 Å². The third-order valence-electron chi connectivity index (χ3n) is 4.02. The highest BCUT2D eigenvalue weighted by Crippen LogP contribution is 2.32. The summed E-state index contributed by atoms with van der Waals surface area (Å²) in [5, 5.41) is 19.3. The lowest BCUT2D eigenvalue weighted by Gasteiger charge is -2.25. The van der Waals surface area contributed by atoms with E-state index in [1.807, 2.05) is 13.8 Å². The second-order valence-corrected chi connectivity index (χ2v) is 5.58. The predicted molar refractivity (Wildman–Crippen MR) is 82.8 cm³/mol. The lowest BCUT2D eigenvalue weighted by Crippen LogP contribution is -2.38. The van der Waals surface area contributed by atoms with Crippen molar-refractivity contribution < 1.29 is 4.92 Å². The van der Waals surface area contributed by atoms with Crippen molar-refractivity contribution in [1.82, 2.24) is 15.1 Å². The van der Waals surface area contributed by atoms with Gasteiger partial charge < -0.3 is 10.2 Å². The minimum Gasteiger partial charge on any atom is -0.350 e. The van der Waals surface area contributed by atoms with Gasteiger partial charge in [-0.25, -0.2) is 4.68 Å². The van der Waals surface area contributed by atoms with Gasteiger partial charge in [0.15, 0.2) is 0 Å². The van der Waals surface area contributed by atoms with Crippen LogP contribution < -0.4 is 10.2 Å². The zero-order chi connectivity index (χ0) is 15.4. The van der Waals surface area contributed by atoms with Crippen molar-refractivity contribution in [2.45, 2.75) is 45.6 Å². The molecule has 0 saturated carbocycles. The molecule has 1 saturated heterocycles. The second-order valence-electron chi connectivity index (χ2n) is 5.58. The fourth-order valence-electron chi connectivity index (χ4n) is 3.05. The standard InChI is InChI=1S/C14H25N5O2/c1-4-7-12-13(19(20)21)14(17(3)16-12)18(5-2)10-11-8-6-9-15-11/h11,15H,4-10H2,1-3H3. The van der Waals surface area contributed by atoms with Crippen LogP contribution in [0.3, 0.4) is 0 Å². The fourth-order valence-corrected chi connectivity index (χ4v) is 3.05. The molecule has 2 heterocycles. The average Bonchev–Trinajstić information content (AvgIpc) is 3.04. The number of hydrogen-bond donors (Lipinski definition) is 1. The van der Waals surface area contributed by atoms with Crippen LogP contribution in [0, 0.1) is 10.1 Å². The number of rotatable bonds is 7. The van der Waals surface area contributed by atoms with E-state index in [2.05, 4.69) is 15.3 Å². The van der Waals surface area contributed by atoms with Gasteiger partial charge in [0.2, 0.25) is 5.82 Å². The van der Waals surface area contributed by atoms with Crippen LogP contribution in [-0.4, -0.2) is 40.4 Å². The molecule has 7 heteroatoms. The van der Waals surface area contributed by atoms with E-state index in [0.717, 1.165) is 32.5 Å². The Kier molecular flexibility index (Phi) is 5.17. The Hall–Kier alpha value is -1.63. The van der Waals surface area contributed by atoms with Crippen LogP contribution in [0.1, 0.15) is 38.8 Å². The first-order valence-electron chi connectivity index (χ1n) is 7.77. The molecule has 1 aliphatic heterocycles. The van der Waals surface area contributed by atoms with Gasteiger partial charge >= 0.3 is 5.69 Å². The first-order valence-corrected chi connectivity index (χ1v) is 7.77. The lowest BCUT2D eigenvalue weighted by molar-refractivity contribution is -0.384. The van der Waals surface area contributed by atoms with Gasteiger partial charge in [-0.15, -0.1) is 0 Å². The molecule has 1 unspecified atom stereocenters. The summed E-state index contributed by atoms with van der Waals surface area (Å²) in [5.41, 5.74) is 0.775. The smallest absolute Gasteiger partial charge is 0.334 e. The molecule has 0 bridgehead atoms. The van der Waals surface area contributed by atoms with Gasteiger partial charge in [0.1, 0.15) is 5.69 Å². The van der Waals surface area contributed by atoms with E-state index in [1.54, 1.807) is 11.7 Å². The largest absolute Gasteiger partial charge is 0.350 e. The Labute approximate surface area is 125 Å². The van der Waals surface area contributed by atoms with E-state index in [0.29, 0.717) is 24.0 Å². The molecule has 0 aliphatic carbocycles. The van der Waals surface area contributed by atoms with Crippen molar-refractivity contribution in [3.63, 3.8) is 0 Å². The van der Waals surface area contributed by atoms with Crippen LogP contribution in [0.5, 0.6) is 0 Å². The normalized spacial score (nSPS) is 18.1. The highest BCUT2D eigenvalue weighted by molar-refractivity contribution is 5.61. The number of nitrogens with zero attached hydrogens (tertiary/aromatic N) is 4. The first kappa shape index (κ1) is 15.8. The van der Waals surface area contributed by atoms with E-state index in [-0.39, 0.29) is 10.6 Å². The van der Waals surface area contributed by atoms with Gasteiger partial charge in [0, 0.05) is 26.2 Å². The van der Waals surface area contributed by atoms with Gasteiger partial charge in [0.25, 0.3) is 0 Å². The summed E-state index contributed by atoms with van der Waals surface area (Å²) in [7, 11) is 1.80. The minimum absolute atomic E-state index is 0.180. The van der Waals surface area contributed by atoms with Crippen LogP contribution in [0.4, 0.5) is 11.5 Å². The quantitative estimate of drug-likeness (QED) is 0.614. The Bertz CT molecular complexity index is 494. The van der Waals surface area contributed by atoms with Crippen molar-refractivity contribution in [3.05, 3.63) is 15.8 Å². The van der Waals surface area contributed by atoms with Crippen LogP contribution in [0.25, 0.3) is 0 Å². The molecule has 0 aromatic carbocycles. The lowest BCUT2D eigenvalue weighted by atomic mass is 10.2. The summed E-state index contributed by atoms with van der Waals surface area (Å²) in [4.78, 5) is 13.3. The van der Waals surface area contributed by atoms with Gasteiger partial charge in [-0.2, -0.15) is 5.10 Å². The van der Waals surface area contributed by atoms with Crippen molar-refractivity contribution in [3.8, 4) is 0 Å². The highest BCUT2D eigenvalue weighted by Gasteiger charge is 2.30. The van der Waals surface area contributed by atoms with Crippen molar-refractivity contribution >= 4 is 11.5 Å². The van der Waals surface area contributed by atoms with Crippen LogP contribution in [0.15, 0.2) is 0 Å².